The molecule has 0 saturated heterocycles. The van der Waals surface area contributed by atoms with E-state index in [1.807, 2.05) is 44.2 Å². The van der Waals surface area contributed by atoms with Crippen LogP contribution in [0.2, 0.25) is 0 Å². The number of hydrogen-bond donors (Lipinski definition) is 0. The molecule has 0 spiro atoms. The Morgan fingerprint density at radius 2 is 1.81 bits per heavy atom. The quantitative estimate of drug-likeness (QED) is 0.803. The number of benzene rings is 1. The molecule has 0 radical (unpaired) electrons. The van der Waals surface area contributed by atoms with Crippen molar-refractivity contribution in [3.63, 3.8) is 0 Å². The first-order valence-electron chi connectivity index (χ1n) is 6.98. The summed E-state index contributed by atoms with van der Waals surface area (Å²) in [5, 5.41) is 9.33. The average Bonchev–Trinajstić information content (AvgIpc) is 2.37. The van der Waals surface area contributed by atoms with E-state index in [1.165, 1.54) is 0 Å². The highest BCUT2D eigenvalue weighted by molar-refractivity contribution is 5.48. The number of rotatable bonds is 2. The second-order valence-electron chi connectivity index (χ2n) is 6.22. The molecule has 2 aromatic rings. The molecule has 0 aliphatic rings. The van der Waals surface area contributed by atoms with Gasteiger partial charge in [-0.15, -0.1) is 0 Å². The molecule has 0 saturated carbocycles. The zero-order chi connectivity index (χ0) is 15.6. The molecule has 3 heteroatoms. The zero-order valence-electron chi connectivity index (χ0n) is 13.2. The second-order valence-corrected chi connectivity index (χ2v) is 6.22. The van der Waals surface area contributed by atoms with Crippen molar-refractivity contribution in [3.05, 3.63) is 52.7 Å². The van der Waals surface area contributed by atoms with Crippen LogP contribution in [-0.4, -0.2) is 4.98 Å². The Morgan fingerprint density at radius 1 is 1.14 bits per heavy atom. The molecule has 0 aliphatic carbocycles. The van der Waals surface area contributed by atoms with Crippen molar-refractivity contribution in [1.82, 2.24) is 4.98 Å². The van der Waals surface area contributed by atoms with Crippen LogP contribution in [0.15, 0.2) is 30.3 Å². The van der Waals surface area contributed by atoms with Crippen LogP contribution < -0.4 is 4.74 Å². The van der Waals surface area contributed by atoms with E-state index in [4.69, 9.17) is 4.74 Å². The molecule has 3 nitrogen and oxygen atoms in total. The monoisotopic (exact) mass is 280 g/mol. The van der Waals surface area contributed by atoms with E-state index in [-0.39, 0.29) is 5.41 Å². The lowest BCUT2D eigenvalue weighted by Gasteiger charge is -2.22. The molecule has 1 aromatic heterocycles. The summed E-state index contributed by atoms with van der Waals surface area (Å²) in [7, 11) is 0. The fraction of sp³-hybridized carbons (Fsp3) is 0.333. The van der Waals surface area contributed by atoms with E-state index in [0.29, 0.717) is 11.4 Å². The molecule has 1 heterocycles. The SMILES string of the molecule is Cc1cc(C)c(C#N)c(Oc2ccccc2C(C)(C)C)n1. The Morgan fingerprint density at radius 3 is 2.43 bits per heavy atom. The number of ether oxygens (including phenoxy) is 1. The van der Waals surface area contributed by atoms with Crippen LogP contribution >= 0.6 is 0 Å². The summed E-state index contributed by atoms with van der Waals surface area (Å²) < 4.78 is 5.99. The third-order valence-corrected chi connectivity index (χ3v) is 3.33. The summed E-state index contributed by atoms with van der Waals surface area (Å²) in [5.41, 5.74) is 3.27. The first kappa shape index (κ1) is 15.1. The molecule has 0 fully saturated rings. The van der Waals surface area contributed by atoms with E-state index in [1.54, 1.807) is 0 Å². The number of nitriles is 1. The Balaban J connectivity index is 2.52. The van der Waals surface area contributed by atoms with Crippen molar-refractivity contribution in [2.75, 3.05) is 0 Å². The van der Waals surface area contributed by atoms with E-state index in [9.17, 15) is 5.26 Å². The predicted molar refractivity (Wildman–Crippen MR) is 83.6 cm³/mol. The van der Waals surface area contributed by atoms with Crippen LogP contribution in [0.25, 0.3) is 0 Å². The summed E-state index contributed by atoms with van der Waals surface area (Å²) >= 11 is 0. The van der Waals surface area contributed by atoms with Gasteiger partial charge in [0.15, 0.2) is 0 Å². The molecular weight excluding hydrogens is 260 g/mol. The third-order valence-electron chi connectivity index (χ3n) is 3.33. The number of nitrogens with zero attached hydrogens (tertiary/aromatic N) is 2. The molecule has 0 aliphatic heterocycles. The summed E-state index contributed by atoms with van der Waals surface area (Å²) in [6.07, 6.45) is 0. The Hall–Kier alpha value is -2.34. The summed E-state index contributed by atoms with van der Waals surface area (Å²) in [4.78, 5) is 4.38. The third kappa shape index (κ3) is 3.22. The van der Waals surface area contributed by atoms with Crippen molar-refractivity contribution in [3.8, 4) is 17.7 Å². The van der Waals surface area contributed by atoms with Crippen molar-refractivity contribution >= 4 is 0 Å². The Labute approximate surface area is 126 Å². The van der Waals surface area contributed by atoms with Crippen molar-refractivity contribution in [2.45, 2.75) is 40.0 Å². The fourth-order valence-electron chi connectivity index (χ4n) is 2.29. The van der Waals surface area contributed by atoms with Gasteiger partial charge in [0.1, 0.15) is 17.4 Å². The van der Waals surface area contributed by atoms with Gasteiger partial charge in [0.05, 0.1) is 0 Å². The van der Waals surface area contributed by atoms with Crippen LogP contribution in [0.4, 0.5) is 0 Å². The van der Waals surface area contributed by atoms with E-state index >= 15 is 0 Å². The number of pyridine rings is 1. The van der Waals surface area contributed by atoms with Gasteiger partial charge in [-0.3, -0.25) is 0 Å². The maximum absolute atomic E-state index is 9.33. The lowest BCUT2D eigenvalue weighted by atomic mass is 9.86. The highest BCUT2D eigenvalue weighted by atomic mass is 16.5. The van der Waals surface area contributed by atoms with Gasteiger partial charge < -0.3 is 4.74 Å². The van der Waals surface area contributed by atoms with Gasteiger partial charge in [-0.1, -0.05) is 39.0 Å². The van der Waals surface area contributed by atoms with Crippen LogP contribution in [0.3, 0.4) is 0 Å². The largest absolute Gasteiger partial charge is 0.437 e. The van der Waals surface area contributed by atoms with E-state index in [2.05, 4.69) is 31.8 Å². The fourth-order valence-corrected chi connectivity index (χ4v) is 2.29. The zero-order valence-corrected chi connectivity index (χ0v) is 13.2. The molecule has 0 bridgehead atoms. The Bertz CT molecular complexity index is 706. The van der Waals surface area contributed by atoms with Crippen molar-refractivity contribution in [1.29, 1.82) is 5.26 Å². The molecule has 0 atom stereocenters. The number of hydrogen-bond acceptors (Lipinski definition) is 3. The van der Waals surface area contributed by atoms with Gasteiger partial charge in [0.25, 0.3) is 0 Å². The van der Waals surface area contributed by atoms with E-state index in [0.717, 1.165) is 22.6 Å². The lowest BCUT2D eigenvalue weighted by molar-refractivity contribution is 0.437. The smallest absolute Gasteiger partial charge is 0.237 e. The van der Waals surface area contributed by atoms with Gasteiger partial charge in [0.2, 0.25) is 5.88 Å². The van der Waals surface area contributed by atoms with Crippen molar-refractivity contribution < 1.29 is 4.74 Å². The number of aromatic nitrogens is 1. The van der Waals surface area contributed by atoms with Crippen LogP contribution in [0.5, 0.6) is 11.6 Å². The van der Waals surface area contributed by atoms with Gasteiger partial charge in [-0.2, -0.15) is 5.26 Å². The lowest BCUT2D eigenvalue weighted by Crippen LogP contribution is -2.12. The molecule has 0 unspecified atom stereocenters. The van der Waals surface area contributed by atoms with Crippen LogP contribution in [0.1, 0.15) is 43.2 Å². The van der Waals surface area contributed by atoms with Crippen molar-refractivity contribution in [2.24, 2.45) is 0 Å². The van der Waals surface area contributed by atoms with Gasteiger partial charge in [0, 0.05) is 11.3 Å². The van der Waals surface area contributed by atoms with Gasteiger partial charge >= 0.3 is 0 Å². The maximum Gasteiger partial charge on any atom is 0.237 e. The molecule has 1 aromatic carbocycles. The summed E-state index contributed by atoms with van der Waals surface area (Å²) in [6, 6.07) is 12.0. The maximum atomic E-state index is 9.33. The highest BCUT2D eigenvalue weighted by Gasteiger charge is 2.20. The second kappa shape index (κ2) is 5.57. The molecule has 0 amide bonds. The molecular formula is C18H20N2O. The first-order valence-corrected chi connectivity index (χ1v) is 6.98. The molecule has 0 N–H and O–H groups in total. The minimum Gasteiger partial charge on any atom is -0.437 e. The predicted octanol–water partition coefficient (Wildman–Crippen LogP) is 4.66. The molecule has 2 rings (SSSR count). The standard InChI is InChI=1S/C18H20N2O/c1-12-10-13(2)20-17(14(12)11-19)21-16-9-7-6-8-15(16)18(3,4)5/h6-10H,1-5H3. The highest BCUT2D eigenvalue weighted by Crippen LogP contribution is 2.34. The van der Waals surface area contributed by atoms with Gasteiger partial charge in [-0.25, -0.2) is 4.98 Å². The minimum absolute atomic E-state index is 0.0394. The summed E-state index contributed by atoms with van der Waals surface area (Å²) in [5.74, 6) is 1.13. The van der Waals surface area contributed by atoms with Gasteiger partial charge in [-0.05, 0) is 37.0 Å². The number of para-hydroxylation sites is 1. The first-order chi connectivity index (χ1) is 9.82. The molecule has 21 heavy (non-hydrogen) atoms. The van der Waals surface area contributed by atoms with E-state index < -0.39 is 0 Å². The normalized spacial score (nSPS) is 11.0. The average molecular weight is 280 g/mol. The topological polar surface area (TPSA) is 45.9 Å². The Kier molecular flexibility index (Phi) is 3.99. The molecule has 108 valence electrons. The minimum atomic E-state index is -0.0394. The number of aryl methyl sites for hydroxylation is 2. The van der Waals surface area contributed by atoms with Crippen LogP contribution in [0, 0.1) is 25.2 Å². The summed E-state index contributed by atoms with van der Waals surface area (Å²) in [6.45, 7) is 10.2. The van der Waals surface area contributed by atoms with Crippen LogP contribution in [-0.2, 0) is 5.41 Å².